The van der Waals surface area contributed by atoms with Crippen LogP contribution in [0.25, 0.3) is 0 Å². The van der Waals surface area contributed by atoms with E-state index >= 15 is 0 Å². The minimum Gasteiger partial charge on any atom is -0.296 e. The zero-order chi connectivity index (χ0) is 8.84. The molecule has 0 bridgehead atoms. The summed E-state index contributed by atoms with van der Waals surface area (Å²) < 4.78 is 0. The number of nitrogens with zero attached hydrogens (tertiary/aromatic N) is 1. The fourth-order valence-electron chi connectivity index (χ4n) is 2.12. The molecule has 2 saturated heterocycles. The molecule has 0 saturated carbocycles. The molecule has 1 N–H and O–H groups in total. The standard InChI is InChI=1S/C11H14N2/c1-8-2-4-9(5-3-8)11-12-6-10-7-13(10)11/h2-5,10-12H,6-7H2,1H3. The summed E-state index contributed by atoms with van der Waals surface area (Å²) in [6.45, 7) is 4.58. The first kappa shape index (κ1) is 7.54. The molecular weight excluding hydrogens is 160 g/mol. The molecule has 2 aliphatic heterocycles. The summed E-state index contributed by atoms with van der Waals surface area (Å²) in [4.78, 5) is 2.50. The first-order valence-electron chi connectivity index (χ1n) is 4.90. The van der Waals surface area contributed by atoms with Gasteiger partial charge in [-0.1, -0.05) is 29.8 Å². The highest BCUT2D eigenvalue weighted by atomic mass is 15.5. The van der Waals surface area contributed by atoms with Crippen LogP contribution < -0.4 is 5.32 Å². The van der Waals surface area contributed by atoms with Crippen LogP contribution >= 0.6 is 0 Å². The highest BCUT2D eigenvalue weighted by Gasteiger charge is 2.45. The molecule has 1 aromatic rings. The van der Waals surface area contributed by atoms with Crippen molar-refractivity contribution in [1.29, 1.82) is 0 Å². The highest BCUT2D eigenvalue weighted by Crippen LogP contribution is 2.34. The zero-order valence-corrected chi connectivity index (χ0v) is 7.83. The van der Waals surface area contributed by atoms with Gasteiger partial charge in [-0.3, -0.25) is 10.2 Å². The van der Waals surface area contributed by atoms with Crippen molar-refractivity contribution < 1.29 is 0 Å². The van der Waals surface area contributed by atoms with Gasteiger partial charge in [0.1, 0.15) is 0 Å². The average molecular weight is 174 g/mol. The van der Waals surface area contributed by atoms with Gasteiger partial charge in [-0.05, 0) is 12.5 Å². The van der Waals surface area contributed by atoms with E-state index < -0.39 is 0 Å². The van der Waals surface area contributed by atoms with Crippen LogP contribution in [-0.4, -0.2) is 24.0 Å². The van der Waals surface area contributed by atoms with E-state index in [0.717, 1.165) is 6.04 Å². The number of aryl methyl sites for hydroxylation is 1. The summed E-state index contributed by atoms with van der Waals surface area (Å²) in [5.41, 5.74) is 2.75. The molecule has 2 nitrogen and oxygen atoms in total. The van der Waals surface area contributed by atoms with Gasteiger partial charge < -0.3 is 0 Å². The molecule has 68 valence electrons. The van der Waals surface area contributed by atoms with Crippen molar-refractivity contribution >= 4 is 0 Å². The topological polar surface area (TPSA) is 15.0 Å². The molecule has 0 radical (unpaired) electrons. The SMILES string of the molecule is Cc1ccc(C2NCC3CN32)cc1. The van der Waals surface area contributed by atoms with E-state index in [9.17, 15) is 0 Å². The van der Waals surface area contributed by atoms with Gasteiger partial charge in [0.15, 0.2) is 0 Å². The number of hydrogen-bond donors (Lipinski definition) is 1. The monoisotopic (exact) mass is 174 g/mol. The van der Waals surface area contributed by atoms with Gasteiger partial charge in [0.25, 0.3) is 0 Å². The Labute approximate surface area is 78.6 Å². The van der Waals surface area contributed by atoms with Crippen LogP contribution in [0.2, 0.25) is 0 Å². The van der Waals surface area contributed by atoms with Gasteiger partial charge in [-0.15, -0.1) is 0 Å². The van der Waals surface area contributed by atoms with E-state index in [-0.39, 0.29) is 0 Å². The Kier molecular flexibility index (Phi) is 1.49. The van der Waals surface area contributed by atoms with Crippen LogP contribution in [0.15, 0.2) is 24.3 Å². The van der Waals surface area contributed by atoms with E-state index in [4.69, 9.17) is 0 Å². The summed E-state index contributed by atoms with van der Waals surface area (Å²) in [5, 5.41) is 3.52. The fourth-order valence-corrected chi connectivity index (χ4v) is 2.12. The maximum atomic E-state index is 3.52. The lowest BCUT2D eigenvalue weighted by Crippen LogP contribution is -2.21. The van der Waals surface area contributed by atoms with Crippen LogP contribution in [0.3, 0.4) is 0 Å². The molecule has 2 heterocycles. The summed E-state index contributed by atoms with van der Waals surface area (Å²) in [7, 11) is 0. The molecule has 0 aromatic heterocycles. The summed E-state index contributed by atoms with van der Waals surface area (Å²) >= 11 is 0. The van der Waals surface area contributed by atoms with Crippen LogP contribution in [0.1, 0.15) is 17.3 Å². The van der Waals surface area contributed by atoms with Gasteiger partial charge >= 0.3 is 0 Å². The Balaban J connectivity index is 1.87. The van der Waals surface area contributed by atoms with Crippen molar-refractivity contribution in [3.8, 4) is 0 Å². The van der Waals surface area contributed by atoms with E-state index in [0.29, 0.717) is 6.17 Å². The molecule has 2 aliphatic rings. The first-order chi connectivity index (χ1) is 6.34. The maximum Gasteiger partial charge on any atom is 0.0865 e. The molecule has 1 aromatic carbocycles. The van der Waals surface area contributed by atoms with Crippen molar-refractivity contribution in [3.05, 3.63) is 35.4 Å². The van der Waals surface area contributed by atoms with E-state index in [1.54, 1.807) is 0 Å². The van der Waals surface area contributed by atoms with Crippen molar-refractivity contribution in [2.24, 2.45) is 0 Å². The predicted molar refractivity (Wildman–Crippen MR) is 52.4 cm³/mol. The van der Waals surface area contributed by atoms with Crippen LogP contribution in [0, 0.1) is 6.92 Å². The van der Waals surface area contributed by atoms with Crippen LogP contribution in [-0.2, 0) is 0 Å². The Morgan fingerprint density at radius 2 is 2.08 bits per heavy atom. The molecule has 3 unspecified atom stereocenters. The number of nitrogens with one attached hydrogen (secondary N) is 1. The fraction of sp³-hybridized carbons (Fsp3) is 0.455. The molecule has 3 rings (SSSR count). The van der Waals surface area contributed by atoms with Gasteiger partial charge in [0.05, 0.1) is 6.17 Å². The molecular formula is C11H14N2. The molecule has 3 atom stereocenters. The Morgan fingerprint density at radius 1 is 1.31 bits per heavy atom. The van der Waals surface area contributed by atoms with Crippen molar-refractivity contribution in [3.63, 3.8) is 0 Å². The first-order valence-corrected chi connectivity index (χ1v) is 4.90. The third-order valence-corrected chi connectivity index (χ3v) is 3.03. The smallest absolute Gasteiger partial charge is 0.0865 e. The lowest BCUT2D eigenvalue weighted by molar-refractivity contribution is 0.404. The van der Waals surface area contributed by atoms with Gasteiger partial charge in [-0.2, -0.15) is 0 Å². The van der Waals surface area contributed by atoms with Crippen molar-refractivity contribution in [2.45, 2.75) is 19.1 Å². The largest absolute Gasteiger partial charge is 0.296 e. The Hall–Kier alpha value is -0.860. The van der Waals surface area contributed by atoms with Gasteiger partial charge in [-0.25, -0.2) is 0 Å². The van der Waals surface area contributed by atoms with Crippen molar-refractivity contribution in [2.75, 3.05) is 13.1 Å². The number of rotatable bonds is 1. The second-order valence-corrected chi connectivity index (χ2v) is 4.07. The maximum absolute atomic E-state index is 3.52. The molecule has 2 fully saturated rings. The molecule has 0 aliphatic carbocycles. The summed E-state index contributed by atoms with van der Waals surface area (Å²) in [5.74, 6) is 0. The lowest BCUT2D eigenvalue weighted by Gasteiger charge is -2.14. The molecule has 13 heavy (non-hydrogen) atoms. The zero-order valence-electron chi connectivity index (χ0n) is 7.83. The number of fused-ring (bicyclic) bond motifs is 1. The number of hydrogen-bond acceptors (Lipinski definition) is 2. The summed E-state index contributed by atoms with van der Waals surface area (Å²) in [6, 6.07) is 9.66. The third kappa shape index (κ3) is 1.18. The third-order valence-electron chi connectivity index (χ3n) is 3.03. The number of benzene rings is 1. The van der Waals surface area contributed by atoms with Crippen molar-refractivity contribution in [1.82, 2.24) is 10.2 Å². The minimum absolute atomic E-state index is 0.491. The van der Waals surface area contributed by atoms with Crippen LogP contribution in [0.5, 0.6) is 0 Å². The molecule has 0 spiro atoms. The molecule has 2 heteroatoms. The second kappa shape index (κ2) is 2.56. The van der Waals surface area contributed by atoms with E-state index in [1.165, 1.54) is 24.2 Å². The average Bonchev–Trinajstić information content (AvgIpc) is 2.81. The Bertz CT molecular complexity index is 317. The predicted octanol–water partition coefficient (Wildman–Crippen LogP) is 1.28. The summed E-state index contributed by atoms with van der Waals surface area (Å²) in [6.07, 6.45) is 0.491. The highest BCUT2D eigenvalue weighted by molar-refractivity contribution is 5.26. The second-order valence-electron chi connectivity index (χ2n) is 4.07. The normalized spacial score (nSPS) is 35.9. The minimum atomic E-state index is 0.491. The Morgan fingerprint density at radius 3 is 2.62 bits per heavy atom. The van der Waals surface area contributed by atoms with Crippen LogP contribution in [0.4, 0.5) is 0 Å². The molecule has 0 amide bonds. The van der Waals surface area contributed by atoms with E-state index in [1.807, 2.05) is 0 Å². The van der Waals surface area contributed by atoms with E-state index in [2.05, 4.69) is 41.4 Å². The van der Waals surface area contributed by atoms with Gasteiger partial charge in [0.2, 0.25) is 0 Å². The van der Waals surface area contributed by atoms with Gasteiger partial charge in [0, 0.05) is 19.1 Å². The lowest BCUT2D eigenvalue weighted by atomic mass is 10.1. The quantitative estimate of drug-likeness (QED) is 0.645.